The molecule has 1 aliphatic rings. The summed E-state index contributed by atoms with van der Waals surface area (Å²) in [6.07, 6.45) is 4.79. The lowest BCUT2D eigenvalue weighted by Crippen LogP contribution is -2.41. The van der Waals surface area contributed by atoms with Crippen LogP contribution < -0.4 is 15.8 Å². The number of nitrogens with two attached hydrogens (primary N) is 1. The SMILES string of the molecule is CCC1(CNC(=O)c2cc(N)ccc2OC)CCC1. The quantitative estimate of drug-likeness (QED) is 0.802. The Bertz CT molecular complexity index is 462. The van der Waals surface area contributed by atoms with Crippen molar-refractivity contribution in [3.8, 4) is 5.75 Å². The van der Waals surface area contributed by atoms with Crippen LogP contribution in [0.25, 0.3) is 0 Å². The molecular formula is C15H22N2O2. The zero-order chi connectivity index (χ0) is 13.9. The van der Waals surface area contributed by atoms with Gasteiger partial charge in [0.15, 0.2) is 0 Å². The number of amides is 1. The first-order valence-electron chi connectivity index (χ1n) is 6.82. The summed E-state index contributed by atoms with van der Waals surface area (Å²) in [5.74, 6) is 0.453. The Labute approximate surface area is 114 Å². The first-order chi connectivity index (χ1) is 9.10. The Kier molecular flexibility index (Phi) is 3.98. The number of nitrogen functional groups attached to an aromatic ring is 1. The number of anilines is 1. The summed E-state index contributed by atoms with van der Waals surface area (Å²) in [4.78, 5) is 12.2. The second-order valence-electron chi connectivity index (χ2n) is 5.35. The minimum Gasteiger partial charge on any atom is -0.496 e. The van der Waals surface area contributed by atoms with Gasteiger partial charge in [-0.15, -0.1) is 0 Å². The average molecular weight is 262 g/mol. The number of benzene rings is 1. The molecule has 1 aliphatic carbocycles. The Balaban J connectivity index is 2.05. The summed E-state index contributed by atoms with van der Waals surface area (Å²) in [5.41, 5.74) is 7.12. The standard InChI is InChI=1S/C15H22N2O2/c1-3-15(7-4-8-15)10-17-14(18)12-9-11(16)5-6-13(12)19-2/h5-6,9H,3-4,7-8,10,16H2,1-2H3,(H,17,18). The van der Waals surface area contributed by atoms with Crippen molar-refractivity contribution < 1.29 is 9.53 Å². The highest BCUT2D eigenvalue weighted by molar-refractivity contribution is 5.97. The first-order valence-corrected chi connectivity index (χ1v) is 6.82. The molecule has 104 valence electrons. The van der Waals surface area contributed by atoms with Crippen molar-refractivity contribution in [2.75, 3.05) is 19.4 Å². The number of carbonyl (C=O) groups is 1. The number of methoxy groups -OCH3 is 1. The molecule has 0 heterocycles. The van der Waals surface area contributed by atoms with Gasteiger partial charge in [-0.25, -0.2) is 0 Å². The average Bonchev–Trinajstić information content (AvgIpc) is 2.37. The summed E-state index contributed by atoms with van der Waals surface area (Å²) < 4.78 is 5.20. The second kappa shape index (κ2) is 5.51. The molecule has 2 rings (SSSR count). The molecule has 0 saturated heterocycles. The zero-order valence-electron chi connectivity index (χ0n) is 11.7. The lowest BCUT2D eigenvalue weighted by atomic mass is 9.67. The minimum absolute atomic E-state index is 0.108. The van der Waals surface area contributed by atoms with Crippen LogP contribution in [0.5, 0.6) is 5.75 Å². The number of ether oxygens (including phenoxy) is 1. The van der Waals surface area contributed by atoms with Gasteiger partial charge in [-0.1, -0.05) is 13.3 Å². The maximum atomic E-state index is 12.2. The first kappa shape index (κ1) is 13.7. The third-order valence-electron chi connectivity index (χ3n) is 4.26. The van der Waals surface area contributed by atoms with Crippen LogP contribution in [0.2, 0.25) is 0 Å². The highest BCUT2D eigenvalue weighted by Crippen LogP contribution is 2.43. The molecule has 1 amide bonds. The summed E-state index contributed by atoms with van der Waals surface area (Å²) in [6.45, 7) is 2.92. The van der Waals surface area contributed by atoms with E-state index in [2.05, 4.69) is 12.2 Å². The highest BCUT2D eigenvalue weighted by Gasteiger charge is 2.35. The Morgan fingerprint density at radius 2 is 2.21 bits per heavy atom. The molecule has 1 aromatic carbocycles. The van der Waals surface area contributed by atoms with Crippen molar-refractivity contribution in [3.05, 3.63) is 23.8 Å². The van der Waals surface area contributed by atoms with Gasteiger partial charge in [0.05, 0.1) is 12.7 Å². The molecular weight excluding hydrogens is 240 g/mol. The van der Waals surface area contributed by atoms with Gasteiger partial charge in [0.25, 0.3) is 5.91 Å². The van der Waals surface area contributed by atoms with Crippen molar-refractivity contribution in [3.63, 3.8) is 0 Å². The number of rotatable bonds is 5. The van der Waals surface area contributed by atoms with E-state index in [0.717, 1.165) is 13.0 Å². The molecule has 1 aromatic rings. The van der Waals surface area contributed by atoms with Gasteiger partial charge in [-0.2, -0.15) is 0 Å². The monoisotopic (exact) mass is 262 g/mol. The fourth-order valence-corrected chi connectivity index (χ4v) is 2.60. The zero-order valence-corrected chi connectivity index (χ0v) is 11.7. The Morgan fingerprint density at radius 3 is 2.74 bits per heavy atom. The molecule has 4 nitrogen and oxygen atoms in total. The van der Waals surface area contributed by atoms with Crippen LogP contribution in [0.1, 0.15) is 43.0 Å². The van der Waals surface area contributed by atoms with Gasteiger partial charge >= 0.3 is 0 Å². The van der Waals surface area contributed by atoms with Crippen LogP contribution in [-0.4, -0.2) is 19.6 Å². The van der Waals surface area contributed by atoms with Gasteiger partial charge in [0.2, 0.25) is 0 Å². The van der Waals surface area contributed by atoms with E-state index >= 15 is 0 Å². The largest absolute Gasteiger partial charge is 0.496 e. The highest BCUT2D eigenvalue weighted by atomic mass is 16.5. The molecule has 0 aromatic heterocycles. The second-order valence-corrected chi connectivity index (χ2v) is 5.35. The Hall–Kier alpha value is -1.71. The lowest BCUT2D eigenvalue weighted by Gasteiger charge is -2.41. The third kappa shape index (κ3) is 2.83. The van der Waals surface area contributed by atoms with Crippen LogP contribution in [-0.2, 0) is 0 Å². The van der Waals surface area contributed by atoms with E-state index in [9.17, 15) is 4.79 Å². The van der Waals surface area contributed by atoms with E-state index in [4.69, 9.17) is 10.5 Å². The van der Waals surface area contributed by atoms with Crippen LogP contribution in [0, 0.1) is 5.41 Å². The van der Waals surface area contributed by atoms with E-state index in [1.54, 1.807) is 25.3 Å². The molecule has 0 radical (unpaired) electrons. The van der Waals surface area contributed by atoms with Crippen molar-refractivity contribution in [1.82, 2.24) is 5.32 Å². The summed E-state index contributed by atoms with van der Waals surface area (Å²) >= 11 is 0. The van der Waals surface area contributed by atoms with E-state index in [1.165, 1.54) is 19.3 Å². The Morgan fingerprint density at radius 1 is 1.47 bits per heavy atom. The van der Waals surface area contributed by atoms with Crippen molar-refractivity contribution in [2.45, 2.75) is 32.6 Å². The predicted molar refractivity (Wildman–Crippen MR) is 76.3 cm³/mol. The van der Waals surface area contributed by atoms with Gasteiger partial charge in [-0.05, 0) is 42.9 Å². The molecule has 19 heavy (non-hydrogen) atoms. The van der Waals surface area contributed by atoms with E-state index in [-0.39, 0.29) is 5.91 Å². The number of nitrogens with one attached hydrogen (secondary N) is 1. The molecule has 0 bridgehead atoms. The van der Waals surface area contributed by atoms with E-state index < -0.39 is 0 Å². The molecule has 4 heteroatoms. The van der Waals surface area contributed by atoms with Crippen LogP contribution in [0.3, 0.4) is 0 Å². The summed E-state index contributed by atoms with van der Waals surface area (Å²) in [5, 5.41) is 3.02. The van der Waals surface area contributed by atoms with Gasteiger partial charge in [-0.3, -0.25) is 4.79 Å². The lowest BCUT2D eigenvalue weighted by molar-refractivity contribution is 0.0847. The number of hydrogen-bond donors (Lipinski definition) is 2. The molecule has 0 aliphatic heterocycles. The van der Waals surface area contributed by atoms with Gasteiger partial charge in [0.1, 0.15) is 5.75 Å². The van der Waals surface area contributed by atoms with E-state index in [1.807, 2.05) is 0 Å². The minimum atomic E-state index is -0.108. The molecule has 0 unspecified atom stereocenters. The number of carbonyl (C=O) groups excluding carboxylic acids is 1. The van der Waals surface area contributed by atoms with Crippen LogP contribution in [0.15, 0.2) is 18.2 Å². The molecule has 1 saturated carbocycles. The predicted octanol–water partition coefficient (Wildman–Crippen LogP) is 2.59. The smallest absolute Gasteiger partial charge is 0.255 e. The van der Waals surface area contributed by atoms with Crippen molar-refractivity contribution >= 4 is 11.6 Å². The fraction of sp³-hybridized carbons (Fsp3) is 0.533. The van der Waals surface area contributed by atoms with Crippen molar-refractivity contribution in [2.24, 2.45) is 5.41 Å². The molecule has 0 spiro atoms. The summed E-state index contributed by atoms with van der Waals surface area (Å²) in [6, 6.07) is 5.12. The van der Waals surface area contributed by atoms with Crippen LogP contribution in [0.4, 0.5) is 5.69 Å². The van der Waals surface area contributed by atoms with Gasteiger partial charge < -0.3 is 15.8 Å². The maximum absolute atomic E-state index is 12.2. The third-order valence-corrected chi connectivity index (χ3v) is 4.26. The molecule has 1 fully saturated rings. The van der Waals surface area contributed by atoms with Crippen molar-refractivity contribution in [1.29, 1.82) is 0 Å². The summed E-state index contributed by atoms with van der Waals surface area (Å²) in [7, 11) is 1.56. The van der Waals surface area contributed by atoms with Crippen LogP contribution >= 0.6 is 0 Å². The topological polar surface area (TPSA) is 64.4 Å². The molecule has 3 N–H and O–H groups in total. The fourth-order valence-electron chi connectivity index (χ4n) is 2.60. The number of hydrogen-bond acceptors (Lipinski definition) is 3. The maximum Gasteiger partial charge on any atom is 0.255 e. The molecule has 0 atom stereocenters. The van der Waals surface area contributed by atoms with Gasteiger partial charge in [0, 0.05) is 12.2 Å². The normalized spacial score (nSPS) is 16.5. The van der Waals surface area contributed by atoms with E-state index in [0.29, 0.717) is 22.4 Å².